The number of aliphatic hydroxyl groups excluding tert-OH is 2. The molecule has 5 heteroatoms. The minimum absolute atomic E-state index is 0.0171. The van der Waals surface area contributed by atoms with Gasteiger partial charge in [-0.15, -0.1) is 0 Å². The van der Waals surface area contributed by atoms with E-state index in [0.29, 0.717) is 64.2 Å². The van der Waals surface area contributed by atoms with Gasteiger partial charge in [-0.3, -0.25) is 4.90 Å². The van der Waals surface area contributed by atoms with E-state index in [-0.39, 0.29) is 23.0 Å². The molecule has 2 bridgehead atoms. The largest absolute Gasteiger partial charge is 0.508 e. The zero-order chi connectivity index (χ0) is 40.8. The Morgan fingerprint density at radius 1 is 0.949 bits per heavy atom. The first-order valence-electron chi connectivity index (χ1n) is 24.4. The Labute approximate surface area is 355 Å². The Kier molecular flexibility index (Phi) is 10.2. The zero-order valence-corrected chi connectivity index (χ0v) is 37.0. The fraction of sp³-hybridized carbons (Fsp3) is 0.704. The summed E-state index contributed by atoms with van der Waals surface area (Å²) < 4.78 is 6.75. The molecule has 320 valence electrons. The van der Waals surface area contributed by atoms with E-state index in [1.54, 1.807) is 11.6 Å². The van der Waals surface area contributed by atoms with Gasteiger partial charge in [0.25, 0.3) is 0 Å². The van der Waals surface area contributed by atoms with Crippen LogP contribution < -0.4 is 0 Å². The van der Waals surface area contributed by atoms with Crippen molar-refractivity contribution in [2.24, 2.45) is 51.2 Å². The minimum atomic E-state index is -0.0171. The molecule has 5 fully saturated rings. The third kappa shape index (κ3) is 5.48. The lowest BCUT2D eigenvalue weighted by Gasteiger charge is -2.74. The quantitative estimate of drug-likeness (QED) is 0.0950. The van der Waals surface area contributed by atoms with Gasteiger partial charge in [0.15, 0.2) is 0 Å². The normalized spacial score (nSPS) is 42.1. The second-order valence-electron chi connectivity index (χ2n) is 21.9. The Balaban J connectivity index is 0.899. The van der Waals surface area contributed by atoms with Crippen LogP contribution >= 0.6 is 0 Å². The molecule has 0 radical (unpaired) electrons. The SMILES string of the molecule is CCC(CC(CCO)CCOCCC1CCCC12CC(C)C13CCC(C)=C1CC21C2(C=CCC31C)C=CC1C(CCCO)CCC13CN32)c1ccc2cc(O)ccc2c1. The summed E-state index contributed by atoms with van der Waals surface area (Å²) in [6.07, 6.45) is 31.6. The van der Waals surface area contributed by atoms with Gasteiger partial charge in [0, 0.05) is 49.3 Å². The Bertz CT molecular complexity index is 2020. The molecule has 4 spiro atoms. The van der Waals surface area contributed by atoms with E-state index >= 15 is 0 Å². The first-order chi connectivity index (χ1) is 28.6. The lowest BCUT2D eigenvalue weighted by atomic mass is 9.31. The topological polar surface area (TPSA) is 72.9 Å². The number of hydrogen-bond acceptors (Lipinski definition) is 5. The monoisotopic (exact) mass is 802 g/mol. The average Bonchev–Trinajstić information content (AvgIpc) is 3.40. The Morgan fingerprint density at radius 2 is 1.80 bits per heavy atom. The van der Waals surface area contributed by atoms with Crippen molar-refractivity contribution in [2.75, 3.05) is 33.0 Å². The molecular formula is C54H75NO4. The maximum Gasteiger partial charge on any atom is 0.116 e. The van der Waals surface area contributed by atoms with Gasteiger partial charge in [-0.1, -0.05) is 86.9 Å². The van der Waals surface area contributed by atoms with Gasteiger partial charge in [0.05, 0.1) is 5.54 Å². The summed E-state index contributed by atoms with van der Waals surface area (Å²) in [7, 11) is 0. The number of rotatable bonds is 15. The van der Waals surface area contributed by atoms with Crippen LogP contribution in [0, 0.1) is 51.2 Å². The lowest BCUT2D eigenvalue weighted by Crippen LogP contribution is -2.73. The van der Waals surface area contributed by atoms with Crippen LogP contribution in [0.4, 0.5) is 0 Å². The first kappa shape index (κ1) is 40.6. The highest BCUT2D eigenvalue weighted by atomic mass is 16.5. The van der Waals surface area contributed by atoms with Crippen molar-refractivity contribution in [3.63, 3.8) is 0 Å². The average molecular weight is 802 g/mol. The number of benzene rings is 2. The van der Waals surface area contributed by atoms with E-state index in [1.165, 1.54) is 94.5 Å². The summed E-state index contributed by atoms with van der Waals surface area (Å²) in [5.74, 6) is 3.93. The van der Waals surface area contributed by atoms with Gasteiger partial charge in [-0.05, 0) is 184 Å². The number of allylic oxidation sites excluding steroid dienone is 3. The third-order valence-corrected chi connectivity index (χ3v) is 20.1. The number of aliphatic hydroxyl groups is 2. The molecule has 8 aliphatic rings. The van der Waals surface area contributed by atoms with Crippen LogP contribution in [0.3, 0.4) is 0 Å². The number of ether oxygens (including phenoxy) is 1. The van der Waals surface area contributed by atoms with E-state index in [2.05, 4.69) is 75.1 Å². The van der Waals surface area contributed by atoms with Crippen molar-refractivity contribution in [1.82, 2.24) is 4.90 Å². The molecule has 4 saturated carbocycles. The van der Waals surface area contributed by atoms with Crippen LogP contribution in [-0.4, -0.2) is 64.3 Å². The molecular weight excluding hydrogens is 727 g/mol. The van der Waals surface area contributed by atoms with Gasteiger partial charge < -0.3 is 20.1 Å². The molecule has 13 atom stereocenters. The summed E-state index contributed by atoms with van der Waals surface area (Å²) in [6, 6.07) is 12.3. The highest BCUT2D eigenvalue weighted by Crippen LogP contribution is 2.90. The molecule has 6 aliphatic carbocycles. The van der Waals surface area contributed by atoms with Gasteiger partial charge in [0.1, 0.15) is 5.75 Å². The second kappa shape index (κ2) is 14.8. The number of phenols is 1. The molecule has 0 aromatic heterocycles. The van der Waals surface area contributed by atoms with Crippen molar-refractivity contribution in [2.45, 2.75) is 154 Å². The van der Waals surface area contributed by atoms with Gasteiger partial charge >= 0.3 is 0 Å². The predicted octanol–water partition coefficient (Wildman–Crippen LogP) is 11.7. The van der Waals surface area contributed by atoms with Crippen molar-refractivity contribution in [3.05, 3.63) is 77.4 Å². The van der Waals surface area contributed by atoms with Crippen LogP contribution in [-0.2, 0) is 4.74 Å². The number of nitrogens with zero attached hydrogens (tertiary/aromatic N) is 1. The summed E-state index contributed by atoms with van der Waals surface area (Å²) in [5.41, 5.74) is 6.34. The number of fused-ring (bicyclic) bond motifs is 2. The van der Waals surface area contributed by atoms with E-state index in [1.807, 2.05) is 17.7 Å². The molecule has 13 unspecified atom stereocenters. The molecule has 2 aliphatic heterocycles. The van der Waals surface area contributed by atoms with Crippen LogP contribution in [0.1, 0.15) is 148 Å². The molecule has 10 rings (SSSR count). The number of hydrogen-bond donors (Lipinski definition) is 3. The zero-order valence-electron chi connectivity index (χ0n) is 37.0. The second-order valence-corrected chi connectivity index (χ2v) is 21.9. The summed E-state index contributed by atoms with van der Waals surface area (Å²) in [6.45, 7) is 13.8. The van der Waals surface area contributed by atoms with E-state index < -0.39 is 0 Å². The van der Waals surface area contributed by atoms with E-state index in [4.69, 9.17) is 4.74 Å². The van der Waals surface area contributed by atoms with E-state index in [0.717, 1.165) is 50.7 Å². The first-order valence-corrected chi connectivity index (χ1v) is 24.4. The van der Waals surface area contributed by atoms with Crippen molar-refractivity contribution >= 4 is 10.8 Å². The summed E-state index contributed by atoms with van der Waals surface area (Å²) >= 11 is 0. The van der Waals surface area contributed by atoms with Crippen LogP contribution in [0.25, 0.3) is 10.8 Å². The van der Waals surface area contributed by atoms with Crippen LogP contribution in [0.15, 0.2) is 71.8 Å². The lowest BCUT2D eigenvalue weighted by molar-refractivity contribution is -0.231. The van der Waals surface area contributed by atoms with Crippen molar-refractivity contribution in [3.8, 4) is 5.75 Å². The maximum atomic E-state index is 10.1. The highest BCUT2D eigenvalue weighted by molar-refractivity contribution is 5.84. The van der Waals surface area contributed by atoms with E-state index in [9.17, 15) is 15.3 Å². The fourth-order valence-electron chi connectivity index (χ4n) is 17.8. The van der Waals surface area contributed by atoms with Crippen LogP contribution in [0.2, 0.25) is 0 Å². The smallest absolute Gasteiger partial charge is 0.116 e. The van der Waals surface area contributed by atoms with Gasteiger partial charge in [-0.2, -0.15) is 0 Å². The molecule has 2 aromatic rings. The number of phenolic OH excluding ortho intramolecular Hbond substituents is 1. The van der Waals surface area contributed by atoms with Gasteiger partial charge in [-0.25, -0.2) is 0 Å². The van der Waals surface area contributed by atoms with Gasteiger partial charge in [0.2, 0.25) is 0 Å². The van der Waals surface area contributed by atoms with Crippen molar-refractivity contribution < 1.29 is 20.1 Å². The molecule has 1 saturated heterocycles. The number of aromatic hydroxyl groups is 1. The molecule has 2 heterocycles. The molecule has 59 heavy (non-hydrogen) atoms. The summed E-state index contributed by atoms with van der Waals surface area (Å²) in [4.78, 5) is 3.11. The van der Waals surface area contributed by atoms with Crippen LogP contribution in [0.5, 0.6) is 5.75 Å². The Hall–Kier alpha value is -2.44. The third-order valence-electron chi connectivity index (χ3n) is 20.1. The molecule has 2 aromatic carbocycles. The highest BCUT2D eigenvalue weighted by Gasteiger charge is 2.87. The molecule has 3 N–H and O–H groups in total. The predicted molar refractivity (Wildman–Crippen MR) is 239 cm³/mol. The Morgan fingerprint density at radius 3 is 2.63 bits per heavy atom. The standard InChI is InChI=1S/C54H75NO4/c1-5-40(42-11-12-44-33-46(58)14-13-43(44)32-42)31-39(18-28-57)19-29-59-30-20-45-10-6-22-50(45)34-38(3)53-26-15-37(2)48(53)35-54(50)49(53,4)21-8-23-52(54)25-17-47-41(9-7-27-56)16-24-51(47)36-55(51)52/h8,11-14,17,23,25,32-33,38-41,45,47,56-58H,5-7,9-10,15-16,18-22,24,26-31,34-36H2,1-4H3. The minimum Gasteiger partial charge on any atom is -0.508 e. The maximum absolute atomic E-state index is 10.1. The molecule has 0 amide bonds. The molecule has 5 nitrogen and oxygen atoms in total. The summed E-state index contributed by atoms with van der Waals surface area (Å²) in [5, 5.41) is 32.1. The fourth-order valence-corrected chi connectivity index (χ4v) is 17.8. The van der Waals surface area contributed by atoms with Crippen molar-refractivity contribution in [1.29, 1.82) is 0 Å².